The van der Waals surface area contributed by atoms with Gasteiger partial charge in [0.15, 0.2) is 0 Å². The Morgan fingerprint density at radius 1 is 1.16 bits per heavy atom. The van der Waals surface area contributed by atoms with Crippen molar-refractivity contribution in [1.82, 2.24) is 0 Å². The largest absolute Gasteiger partial charge is 0.419 e. The Morgan fingerprint density at radius 3 is 2.11 bits per heavy atom. The molecular formula is C13H17F4NO. The van der Waals surface area contributed by atoms with Crippen LogP contribution in [-0.2, 0) is 6.18 Å². The smallest absolute Gasteiger partial charge is 0.391 e. The molecule has 0 fully saturated rings. The molecule has 0 aliphatic heterocycles. The van der Waals surface area contributed by atoms with Crippen molar-refractivity contribution in [2.24, 2.45) is 11.1 Å². The number of aliphatic hydroxyl groups is 1. The molecule has 0 spiro atoms. The molecule has 6 heteroatoms. The second-order valence-corrected chi connectivity index (χ2v) is 5.57. The second-order valence-electron chi connectivity index (χ2n) is 5.57. The molecule has 0 saturated carbocycles. The number of alkyl halides is 3. The molecular weight excluding hydrogens is 262 g/mol. The van der Waals surface area contributed by atoms with Crippen LogP contribution in [0.15, 0.2) is 18.2 Å². The van der Waals surface area contributed by atoms with Crippen LogP contribution in [0, 0.1) is 11.2 Å². The maximum Gasteiger partial charge on any atom is 0.419 e. The Balaban J connectivity index is 3.16. The normalized spacial score (nSPS) is 16.3. The van der Waals surface area contributed by atoms with E-state index < -0.39 is 35.1 Å². The van der Waals surface area contributed by atoms with E-state index in [9.17, 15) is 22.7 Å². The SMILES string of the molecule is CC(C)(C)[C@H](O)[C@H](N)c1ccc(F)c(C(F)(F)F)c1. The van der Waals surface area contributed by atoms with E-state index in [-0.39, 0.29) is 5.56 Å². The van der Waals surface area contributed by atoms with Crippen LogP contribution in [-0.4, -0.2) is 11.2 Å². The fourth-order valence-corrected chi connectivity index (χ4v) is 1.69. The molecule has 108 valence electrons. The van der Waals surface area contributed by atoms with Crippen molar-refractivity contribution in [2.45, 2.75) is 39.1 Å². The quantitative estimate of drug-likeness (QED) is 0.816. The minimum atomic E-state index is -4.79. The minimum absolute atomic E-state index is 0.0520. The highest BCUT2D eigenvalue weighted by Gasteiger charge is 2.36. The van der Waals surface area contributed by atoms with E-state index in [1.54, 1.807) is 20.8 Å². The van der Waals surface area contributed by atoms with Crippen molar-refractivity contribution in [3.05, 3.63) is 35.1 Å². The van der Waals surface area contributed by atoms with E-state index in [0.29, 0.717) is 12.1 Å². The third kappa shape index (κ3) is 3.67. The molecule has 0 aromatic heterocycles. The van der Waals surface area contributed by atoms with Crippen LogP contribution >= 0.6 is 0 Å². The first-order valence-electron chi connectivity index (χ1n) is 5.75. The molecule has 0 amide bonds. The number of rotatable bonds is 2. The molecule has 0 saturated heterocycles. The van der Waals surface area contributed by atoms with Crippen LogP contribution in [0.5, 0.6) is 0 Å². The number of hydrogen-bond acceptors (Lipinski definition) is 2. The van der Waals surface area contributed by atoms with Gasteiger partial charge in [-0.15, -0.1) is 0 Å². The van der Waals surface area contributed by atoms with Crippen molar-refractivity contribution in [3.63, 3.8) is 0 Å². The summed E-state index contributed by atoms with van der Waals surface area (Å²) in [5, 5.41) is 9.97. The Morgan fingerprint density at radius 2 is 1.68 bits per heavy atom. The summed E-state index contributed by atoms with van der Waals surface area (Å²) in [4.78, 5) is 0. The van der Waals surface area contributed by atoms with Gasteiger partial charge in [-0.05, 0) is 23.1 Å². The average Bonchev–Trinajstić information content (AvgIpc) is 2.25. The van der Waals surface area contributed by atoms with Gasteiger partial charge in [0.2, 0.25) is 0 Å². The van der Waals surface area contributed by atoms with Gasteiger partial charge in [0, 0.05) is 0 Å². The number of aliphatic hydroxyl groups excluding tert-OH is 1. The highest BCUT2D eigenvalue weighted by atomic mass is 19.4. The highest BCUT2D eigenvalue weighted by molar-refractivity contribution is 5.30. The van der Waals surface area contributed by atoms with Gasteiger partial charge in [-0.25, -0.2) is 4.39 Å². The van der Waals surface area contributed by atoms with Crippen molar-refractivity contribution in [3.8, 4) is 0 Å². The predicted octanol–water partition coefficient (Wildman–Crippen LogP) is 3.25. The van der Waals surface area contributed by atoms with E-state index in [0.717, 1.165) is 6.07 Å². The van der Waals surface area contributed by atoms with Gasteiger partial charge in [0.1, 0.15) is 5.82 Å². The molecule has 0 bridgehead atoms. The van der Waals surface area contributed by atoms with Crippen molar-refractivity contribution in [2.75, 3.05) is 0 Å². The van der Waals surface area contributed by atoms with E-state index in [2.05, 4.69) is 0 Å². The Kier molecular flexibility index (Phi) is 4.27. The zero-order chi connectivity index (χ0) is 15.0. The number of halogens is 4. The van der Waals surface area contributed by atoms with Crippen LogP contribution in [0.3, 0.4) is 0 Å². The lowest BCUT2D eigenvalue weighted by molar-refractivity contribution is -0.140. The molecule has 1 rings (SSSR count). The minimum Gasteiger partial charge on any atom is -0.391 e. The van der Waals surface area contributed by atoms with Gasteiger partial charge in [0.25, 0.3) is 0 Å². The van der Waals surface area contributed by atoms with Crippen LogP contribution < -0.4 is 5.73 Å². The van der Waals surface area contributed by atoms with Crippen molar-refractivity contribution >= 4 is 0 Å². The summed E-state index contributed by atoms with van der Waals surface area (Å²) in [5.41, 5.74) is 3.83. The summed E-state index contributed by atoms with van der Waals surface area (Å²) < 4.78 is 50.9. The van der Waals surface area contributed by atoms with Gasteiger partial charge in [0.05, 0.1) is 17.7 Å². The average molecular weight is 279 g/mol. The molecule has 2 nitrogen and oxygen atoms in total. The molecule has 0 radical (unpaired) electrons. The van der Waals surface area contributed by atoms with E-state index >= 15 is 0 Å². The van der Waals surface area contributed by atoms with Crippen LogP contribution in [0.2, 0.25) is 0 Å². The predicted molar refractivity (Wildman–Crippen MR) is 63.8 cm³/mol. The maximum absolute atomic E-state index is 13.1. The van der Waals surface area contributed by atoms with E-state index in [1.807, 2.05) is 0 Å². The van der Waals surface area contributed by atoms with Crippen molar-refractivity contribution < 1.29 is 22.7 Å². The van der Waals surface area contributed by atoms with E-state index in [4.69, 9.17) is 5.73 Å². The molecule has 1 aromatic rings. The van der Waals surface area contributed by atoms with Crippen LogP contribution in [0.25, 0.3) is 0 Å². The number of benzene rings is 1. The first kappa shape index (κ1) is 15.9. The molecule has 19 heavy (non-hydrogen) atoms. The molecule has 3 N–H and O–H groups in total. The molecule has 0 unspecified atom stereocenters. The molecule has 0 aliphatic carbocycles. The van der Waals surface area contributed by atoms with Gasteiger partial charge in [-0.1, -0.05) is 26.8 Å². The lowest BCUT2D eigenvalue weighted by Gasteiger charge is -2.31. The van der Waals surface area contributed by atoms with Gasteiger partial charge in [-0.3, -0.25) is 0 Å². The lowest BCUT2D eigenvalue weighted by Crippen LogP contribution is -2.37. The summed E-state index contributed by atoms with van der Waals surface area (Å²) >= 11 is 0. The zero-order valence-electron chi connectivity index (χ0n) is 10.9. The molecule has 1 aromatic carbocycles. The maximum atomic E-state index is 13.1. The molecule has 0 aliphatic rings. The van der Waals surface area contributed by atoms with Crippen LogP contribution in [0.1, 0.15) is 37.9 Å². The third-order valence-electron chi connectivity index (χ3n) is 2.91. The summed E-state index contributed by atoms with van der Waals surface area (Å²) in [6, 6.07) is 1.51. The van der Waals surface area contributed by atoms with Gasteiger partial charge < -0.3 is 10.8 Å². The summed E-state index contributed by atoms with van der Waals surface area (Å²) in [6.07, 6.45) is -5.83. The number of nitrogens with two attached hydrogens (primary N) is 1. The number of hydrogen-bond donors (Lipinski definition) is 2. The third-order valence-corrected chi connectivity index (χ3v) is 2.91. The Hall–Kier alpha value is -1.14. The molecule has 0 heterocycles. The Bertz CT molecular complexity index is 451. The van der Waals surface area contributed by atoms with E-state index in [1.165, 1.54) is 0 Å². The summed E-state index contributed by atoms with van der Waals surface area (Å²) in [7, 11) is 0. The van der Waals surface area contributed by atoms with Crippen molar-refractivity contribution in [1.29, 1.82) is 0 Å². The fraction of sp³-hybridized carbons (Fsp3) is 0.538. The highest BCUT2D eigenvalue weighted by Crippen LogP contribution is 2.35. The van der Waals surface area contributed by atoms with Gasteiger partial charge in [-0.2, -0.15) is 13.2 Å². The van der Waals surface area contributed by atoms with Gasteiger partial charge >= 0.3 is 6.18 Å². The second kappa shape index (κ2) is 5.09. The van der Waals surface area contributed by atoms with Crippen LogP contribution in [0.4, 0.5) is 17.6 Å². The molecule has 2 atom stereocenters. The first-order valence-corrected chi connectivity index (χ1v) is 5.75. The standard InChI is InChI=1S/C13H17F4NO/c1-12(2,3)11(19)10(18)7-4-5-9(14)8(6-7)13(15,16)17/h4-6,10-11,19H,18H2,1-3H3/t10-,11-/m1/s1. The zero-order valence-corrected chi connectivity index (χ0v) is 10.9. The summed E-state index contributed by atoms with van der Waals surface area (Å²) in [5.74, 6) is -1.35. The fourth-order valence-electron chi connectivity index (χ4n) is 1.69. The topological polar surface area (TPSA) is 46.2 Å². The first-order chi connectivity index (χ1) is 8.44. The Labute approximate surface area is 109 Å². The monoisotopic (exact) mass is 279 g/mol. The summed E-state index contributed by atoms with van der Waals surface area (Å²) in [6.45, 7) is 5.14. The lowest BCUT2D eigenvalue weighted by atomic mass is 9.82.